The van der Waals surface area contributed by atoms with Crippen LogP contribution in [0, 0.1) is 0 Å². The van der Waals surface area contributed by atoms with Crippen molar-refractivity contribution in [2.45, 2.75) is 18.5 Å². The van der Waals surface area contributed by atoms with Crippen molar-refractivity contribution in [1.29, 1.82) is 0 Å². The van der Waals surface area contributed by atoms with Gasteiger partial charge in [-0.2, -0.15) is 0 Å². The first-order valence-corrected chi connectivity index (χ1v) is 10.2. The maximum absolute atomic E-state index is 10.5. The predicted molar refractivity (Wildman–Crippen MR) is 92.0 cm³/mol. The van der Waals surface area contributed by atoms with Crippen molar-refractivity contribution in [3.8, 4) is 5.75 Å². The van der Waals surface area contributed by atoms with E-state index in [2.05, 4.69) is 9.05 Å². The predicted octanol–water partition coefficient (Wildman–Crippen LogP) is -1.38. The topological polar surface area (TPSA) is 260 Å². The zero-order valence-corrected chi connectivity index (χ0v) is 15.8. The van der Waals surface area contributed by atoms with Gasteiger partial charge in [-0.1, -0.05) is 12.1 Å². The van der Waals surface area contributed by atoms with Crippen molar-refractivity contribution in [2.24, 2.45) is 11.5 Å². The first kappa shape index (κ1) is 26.1. The van der Waals surface area contributed by atoms with Gasteiger partial charge in [0.05, 0.1) is 6.61 Å². The van der Waals surface area contributed by atoms with Crippen LogP contribution in [0.2, 0.25) is 0 Å². The average Bonchev–Trinajstić information content (AvgIpc) is 2.52. The minimum absolute atomic E-state index is 0.00554. The molecule has 0 aromatic heterocycles. The smallest absolute Gasteiger partial charge is 0.480 e. The second-order valence-electron chi connectivity index (χ2n) is 5.11. The molecule has 0 bridgehead atoms. The molecule has 10 N–H and O–H groups in total. The van der Waals surface area contributed by atoms with Crippen LogP contribution in [0.4, 0.5) is 0 Å². The first-order valence-electron chi connectivity index (χ1n) is 7.11. The summed E-state index contributed by atoms with van der Waals surface area (Å²) in [6.07, 6.45) is 0.130. The normalized spacial score (nSPS) is 13.6. The Labute approximate surface area is 158 Å². The molecule has 0 aliphatic heterocycles. The van der Waals surface area contributed by atoms with Crippen molar-refractivity contribution in [3.05, 3.63) is 29.8 Å². The van der Waals surface area contributed by atoms with Crippen molar-refractivity contribution in [2.75, 3.05) is 6.61 Å². The van der Waals surface area contributed by atoms with Crippen molar-refractivity contribution < 1.29 is 57.6 Å². The minimum Gasteiger partial charge on any atom is -0.480 e. The molecule has 1 aromatic rings. The number of aliphatic carboxylic acids is 2. The van der Waals surface area contributed by atoms with Crippen LogP contribution in [0.25, 0.3) is 0 Å². The Morgan fingerprint density at radius 3 is 1.71 bits per heavy atom. The molecule has 0 unspecified atom stereocenters. The second-order valence-corrected chi connectivity index (χ2v) is 7.51. The van der Waals surface area contributed by atoms with Gasteiger partial charge in [0.1, 0.15) is 17.8 Å². The lowest BCUT2D eigenvalue weighted by Crippen LogP contribution is -2.34. The fourth-order valence-electron chi connectivity index (χ4n) is 1.41. The third kappa shape index (κ3) is 13.3. The van der Waals surface area contributed by atoms with E-state index in [9.17, 15) is 18.7 Å². The van der Waals surface area contributed by atoms with E-state index in [1.807, 2.05) is 0 Å². The number of carboxylic acids is 2. The molecule has 2 atom stereocenters. The van der Waals surface area contributed by atoms with Crippen molar-refractivity contribution in [1.82, 2.24) is 0 Å². The second kappa shape index (κ2) is 11.2. The van der Waals surface area contributed by atoms with Crippen LogP contribution in [0.15, 0.2) is 24.3 Å². The Morgan fingerprint density at radius 1 is 0.893 bits per heavy atom. The van der Waals surface area contributed by atoms with Gasteiger partial charge in [-0.05, 0) is 24.1 Å². The molecule has 14 nitrogen and oxygen atoms in total. The van der Waals surface area contributed by atoms with E-state index >= 15 is 0 Å². The fourth-order valence-corrected chi connectivity index (χ4v) is 2.16. The van der Waals surface area contributed by atoms with Crippen molar-refractivity contribution >= 4 is 27.6 Å². The molecular formula is C12H20N2O12P2. The largest absolute Gasteiger partial charge is 0.524 e. The van der Waals surface area contributed by atoms with Gasteiger partial charge >= 0.3 is 27.6 Å². The molecule has 28 heavy (non-hydrogen) atoms. The summed E-state index contributed by atoms with van der Waals surface area (Å²) < 4.78 is 28.7. The van der Waals surface area contributed by atoms with Crippen LogP contribution in [0.3, 0.4) is 0 Å². The lowest BCUT2D eigenvalue weighted by Gasteiger charge is -2.09. The molecule has 160 valence electrons. The highest BCUT2D eigenvalue weighted by Crippen LogP contribution is 2.37. The van der Waals surface area contributed by atoms with Gasteiger partial charge in [-0.25, -0.2) is 9.13 Å². The molecule has 0 aliphatic rings. The van der Waals surface area contributed by atoms with Gasteiger partial charge < -0.3 is 36.0 Å². The number of phosphoric ester groups is 2. The third-order valence-electron chi connectivity index (χ3n) is 2.66. The zero-order chi connectivity index (χ0) is 22.1. The third-order valence-corrected chi connectivity index (χ3v) is 3.59. The molecule has 1 aromatic carbocycles. The Morgan fingerprint density at radius 2 is 1.36 bits per heavy atom. The van der Waals surface area contributed by atoms with Gasteiger partial charge in [-0.3, -0.25) is 23.9 Å². The molecule has 16 heteroatoms. The van der Waals surface area contributed by atoms with Crippen LogP contribution in [-0.4, -0.2) is 60.4 Å². The molecule has 0 saturated heterocycles. The van der Waals surface area contributed by atoms with Crippen LogP contribution in [0.1, 0.15) is 5.56 Å². The van der Waals surface area contributed by atoms with E-state index < -0.39 is 46.3 Å². The number of carboxylic acid groups (broad SMARTS) is 2. The van der Waals surface area contributed by atoms with Gasteiger partial charge in [0, 0.05) is 0 Å². The monoisotopic (exact) mass is 446 g/mol. The molecule has 0 heterocycles. The molecular weight excluding hydrogens is 426 g/mol. The van der Waals surface area contributed by atoms with Crippen LogP contribution >= 0.6 is 15.6 Å². The quantitative estimate of drug-likeness (QED) is 0.203. The van der Waals surface area contributed by atoms with Crippen LogP contribution in [-0.2, 0) is 29.7 Å². The summed E-state index contributed by atoms with van der Waals surface area (Å²) >= 11 is 0. The number of rotatable bonds is 9. The average molecular weight is 446 g/mol. The maximum Gasteiger partial charge on any atom is 0.524 e. The number of phosphoric acid groups is 2. The lowest BCUT2D eigenvalue weighted by molar-refractivity contribution is -0.139. The standard InChI is InChI=1S/C9H12NO6P.C3H8NO6P/c10-8(9(11)12)5-6-1-3-7(4-2-6)16-17(13,14)15;4-2(3(5)6)1-10-11(7,8)9/h1-4,8H,5,10H2,(H,11,12)(H2,13,14,15);2H,1,4H2,(H,5,6)(H2,7,8,9)/t8-;2-/m00/s1. The molecule has 1 rings (SSSR count). The van der Waals surface area contributed by atoms with Crippen LogP contribution in [0.5, 0.6) is 5.75 Å². The Kier molecular flexibility index (Phi) is 10.5. The highest BCUT2D eigenvalue weighted by Gasteiger charge is 2.19. The highest BCUT2D eigenvalue weighted by atomic mass is 31.2. The first-order chi connectivity index (χ1) is 12.6. The van der Waals surface area contributed by atoms with Crippen molar-refractivity contribution in [3.63, 3.8) is 0 Å². The Balaban J connectivity index is 0.000000576. The summed E-state index contributed by atoms with van der Waals surface area (Å²) in [7, 11) is -9.17. The van der Waals surface area contributed by atoms with E-state index in [0.717, 1.165) is 0 Å². The maximum atomic E-state index is 10.5. The summed E-state index contributed by atoms with van der Waals surface area (Å²) in [5.74, 6) is -2.48. The van der Waals surface area contributed by atoms with E-state index in [-0.39, 0.29) is 12.2 Å². The summed E-state index contributed by atoms with van der Waals surface area (Å²) in [5, 5.41) is 16.7. The van der Waals surface area contributed by atoms with Gasteiger partial charge in [-0.15, -0.1) is 0 Å². The Hall–Kier alpha value is -1.86. The van der Waals surface area contributed by atoms with E-state index in [4.69, 9.17) is 41.3 Å². The SMILES string of the molecule is N[C@@H](COP(=O)(O)O)C(=O)O.N[C@@H](Cc1ccc(OP(=O)(O)O)cc1)C(=O)O. The summed E-state index contributed by atoms with van der Waals surface area (Å²) in [5.41, 5.74) is 10.8. The fraction of sp³-hybridized carbons (Fsp3) is 0.333. The molecule has 0 amide bonds. The number of carbonyl (C=O) groups is 2. The lowest BCUT2D eigenvalue weighted by atomic mass is 10.1. The summed E-state index contributed by atoms with van der Waals surface area (Å²) in [4.78, 5) is 53.7. The number of hydrogen-bond donors (Lipinski definition) is 8. The number of nitrogens with two attached hydrogens (primary N) is 2. The summed E-state index contributed by atoms with van der Waals surface area (Å²) in [6.45, 7) is -0.709. The Bertz CT molecular complexity index is 743. The summed E-state index contributed by atoms with van der Waals surface area (Å²) in [6, 6.07) is 3.24. The van der Waals surface area contributed by atoms with Gasteiger partial charge in [0.25, 0.3) is 0 Å². The van der Waals surface area contributed by atoms with Gasteiger partial charge in [0.15, 0.2) is 0 Å². The molecule has 0 saturated carbocycles. The molecule has 0 radical (unpaired) electrons. The highest BCUT2D eigenvalue weighted by molar-refractivity contribution is 7.46. The molecule has 0 aliphatic carbocycles. The minimum atomic E-state index is -4.60. The zero-order valence-electron chi connectivity index (χ0n) is 14.1. The van der Waals surface area contributed by atoms with Gasteiger partial charge in [0.2, 0.25) is 0 Å². The van der Waals surface area contributed by atoms with E-state index in [1.54, 1.807) is 0 Å². The van der Waals surface area contributed by atoms with Crippen LogP contribution < -0.4 is 16.0 Å². The number of benzene rings is 1. The molecule has 0 spiro atoms. The number of hydrogen-bond acceptors (Lipinski definition) is 8. The van der Waals surface area contributed by atoms with E-state index in [1.165, 1.54) is 24.3 Å². The van der Waals surface area contributed by atoms with E-state index in [0.29, 0.717) is 5.56 Å². The molecule has 0 fully saturated rings.